The van der Waals surface area contributed by atoms with Gasteiger partial charge in [0.25, 0.3) is 0 Å². The minimum absolute atomic E-state index is 0.183. The zero-order valence-corrected chi connectivity index (χ0v) is 32.7. The van der Waals surface area contributed by atoms with Crippen molar-refractivity contribution in [2.75, 3.05) is 19.8 Å². The summed E-state index contributed by atoms with van der Waals surface area (Å²) in [7, 11) is -3.94. The molecule has 0 radical (unpaired) electrons. The molecule has 0 spiro atoms. The number of carbonyl (C=O) groups excluding carboxylic acids is 1. The van der Waals surface area contributed by atoms with E-state index in [1.165, 1.54) is 64.1 Å². The Morgan fingerprint density at radius 2 is 1.16 bits per heavy atom. The molecule has 0 fully saturated rings. The minimum Gasteiger partial charge on any atom is -0.491 e. The Labute approximate surface area is 323 Å². The molecule has 58 heavy (non-hydrogen) atoms. The van der Waals surface area contributed by atoms with Crippen LogP contribution in [-0.4, -0.2) is 86.8 Å². The van der Waals surface area contributed by atoms with Crippen molar-refractivity contribution in [2.24, 2.45) is 5.92 Å². The van der Waals surface area contributed by atoms with Crippen molar-refractivity contribution in [1.82, 2.24) is 0 Å². The largest absolute Gasteiger partial charge is 0.491 e. The molecule has 1 aromatic rings. The van der Waals surface area contributed by atoms with E-state index in [1.54, 1.807) is 26.0 Å². The summed E-state index contributed by atoms with van der Waals surface area (Å²) in [5.41, 5.74) is -1.23. The monoisotopic (exact) mass is 894 g/mol. The highest BCUT2D eigenvalue weighted by Gasteiger charge is 2.95. The molecule has 1 N–H and O–H groups in total. The van der Waals surface area contributed by atoms with Gasteiger partial charge in [-0.3, -0.25) is 0 Å². The fourth-order valence-electron chi connectivity index (χ4n) is 5.66. The van der Waals surface area contributed by atoms with Crippen LogP contribution in [0.4, 0.5) is 74.6 Å². The van der Waals surface area contributed by atoms with Crippen molar-refractivity contribution in [3.05, 3.63) is 54.1 Å². The van der Waals surface area contributed by atoms with Crippen LogP contribution in [0.2, 0.25) is 17.1 Å². The van der Waals surface area contributed by atoms with Crippen LogP contribution in [0.5, 0.6) is 5.75 Å². The van der Waals surface area contributed by atoms with Crippen LogP contribution in [0.1, 0.15) is 66.1 Å². The zero-order chi connectivity index (χ0) is 45.6. The van der Waals surface area contributed by atoms with E-state index in [-0.39, 0.29) is 24.9 Å². The lowest BCUT2D eigenvalue weighted by molar-refractivity contribution is -0.461. The summed E-state index contributed by atoms with van der Waals surface area (Å²) in [6.45, 7) is 8.08. The van der Waals surface area contributed by atoms with Crippen LogP contribution in [0, 0.1) is 5.92 Å². The molecule has 0 bridgehead atoms. The number of aliphatic hydroxyl groups excluding tert-OH is 1. The number of ether oxygens (including phenoxy) is 2. The molecule has 0 aliphatic heterocycles. The quantitative estimate of drug-likeness (QED) is 0.0296. The van der Waals surface area contributed by atoms with Gasteiger partial charge in [-0.1, -0.05) is 65.0 Å². The first-order valence-electron chi connectivity index (χ1n) is 17.3. The lowest BCUT2D eigenvalue weighted by atomic mass is 9.88. The zero-order valence-electron chi connectivity index (χ0n) is 31.7. The minimum atomic E-state index is -8.68. The highest BCUT2D eigenvalue weighted by molar-refractivity contribution is 6.76. The van der Waals surface area contributed by atoms with Crippen molar-refractivity contribution in [1.29, 1.82) is 0 Å². The average Bonchev–Trinajstić information content (AvgIpc) is 3.09. The van der Waals surface area contributed by atoms with E-state index in [0.717, 1.165) is 0 Å². The fourth-order valence-corrected chi connectivity index (χ4v) is 10.1. The Morgan fingerprint density at radius 3 is 1.60 bits per heavy atom. The smallest absolute Gasteiger partial charge is 0.460 e. The van der Waals surface area contributed by atoms with Crippen LogP contribution in [-0.2, 0) is 14.0 Å². The van der Waals surface area contributed by atoms with Gasteiger partial charge in [-0.2, -0.15) is 74.6 Å². The Balaban J connectivity index is 3.13. The van der Waals surface area contributed by atoms with Gasteiger partial charge in [0, 0.05) is 12.5 Å². The van der Waals surface area contributed by atoms with E-state index in [0.29, 0.717) is 12.0 Å². The van der Waals surface area contributed by atoms with Crippen LogP contribution < -0.4 is 4.74 Å². The number of benzene rings is 1. The molecule has 336 valence electrons. The summed E-state index contributed by atoms with van der Waals surface area (Å²) in [5.74, 6) is -57.3. The van der Waals surface area contributed by atoms with Crippen LogP contribution in [0.15, 0.2) is 48.6 Å². The first kappa shape index (κ1) is 52.9. The standard InChI is InChI=1S/C35H43F17O5Si/c1-7-55-26(53)12-10-8-9-11-23(6)27(54)24-13-15-25(16-14-24)56-18-19-57-58(21(2)3,22(4)5)20-17-28(36,37)29(38,39)30(40,41)31(42,43)32(44,45)33(46,47)34(48,49)35(50,51)52/h8-10,12-16,21-23,27,54H,7,11,17-20H2,1-6H3/b9-8+,12-10+/t23-,27-/m1/s1. The molecule has 0 aliphatic carbocycles. The summed E-state index contributed by atoms with van der Waals surface area (Å²) in [6.07, 6.45) is -4.92. The molecule has 0 aromatic heterocycles. The maximum atomic E-state index is 14.9. The number of hydrogen-bond donors (Lipinski definition) is 1. The topological polar surface area (TPSA) is 65.0 Å². The third kappa shape index (κ3) is 10.6. The van der Waals surface area contributed by atoms with Gasteiger partial charge < -0.3 is 19.0 Å². The number of halogens is 17. The summed E-state index contributed by atoms with van der Waals surface area (Å²) in [5, 5.41) is 10.7. The first-order chi connectivity index (χ1) is 26.1. The van der Waals surface area contributed by atoms with E-state index in [9.17, 15) is 84.5 Å². The van der Waals surface area contributed by atoms with Crippen molar-refractivity contribution in [3.63, 3.8) is 0 Å². The van der Waals surface area contributed by atoms with Crippen molar-refractivity contribution in [2.45, 2.75) is 125 Å². The van der Waals surface area contributed by atoms with Crippen LogP contribution in [0.3, 0.4) is 0 Å². The number of esters is 1. The highest BCUT2D eigenvalue weighted by Crippen LogP contribution is 2.64. The van der Waals surface area contributed by atoms with Crippen LogP contribution in [0.25, 0.3) is 0 Å². The fraction of sp³-hybridized carbons (Fsp3) is 0.686. The lowest BCUT2D eigenvalue weighted by Gasteiger charge is -2.44. The van der Waals surface area contributed by atoms with Gasteiger partial charge in [-0.15, -0.1) is 0 Å². The normalized spacial score (nSPS) is 15.8. The van der Waals surface area contributed by atoms with E-state index >= 15 is 0 Å². The highest BCUT2D eigenvalue weighted by atomic mass is 28.4. The van der Waals surface area contributed by atoms with Gasteiger partial charge >= 0.3 is 53.6 Å². The number of hydrogen-bond acceptors (Lipinski definition) is 5. The number of rotatable bonds is 23. The van der Waals surface area contributed by atoms with E-state index in [2.05, 4.69) is 0 Å². The molecule has 0 saturated heterocycles. The van der Waals surface area contributed by atoms with E-state index in [4.69, 9.17) is 13.9 Å². The van der Waals surface area contributed by atoms with Gasteiger partial charge in [0.15, 0.2) is 8.32 Å². The summed E-state index contributed by atoms with van der Waals surface area (Å²) in [4.78, 5) is 11.3. The molecule has 5 nitrogen and oxygen atoms in total. The second-order valence-corrected chi connectivity index (χ2v) is 18.9. The molecule has 1 rings (SSSR count). The second kappa shape index (κ2) is 19.1. The Morgan fingerprint density at radius 1 is 0.690 bits per heavy atom. The van der Waals surface area contributed by atoms with Gasteiger partial charge in [-0.05, 0) is 54.1 Å². The number of allylic oxidation sites excluding steroid dienone is 3. The third-order valence-corrected chi connectivity index (χ3v) is 15.0. The molecule has 23 heteroatoms. The molecular weight excluding hydrogens is 851 g/mol. The number of alkyl halides is 17. The molecule has 0 saturated carbocycles. The Kier molecular flexibility index (Phi) is 17.4. The summed E-state index contributed by atoms with van der Waals surface area (Å²) >= 11 is 0. The molecule has 2 atom stereocenters. The van der Waals surface area contributed by atoms with Gasteiger partial charge in [0.05, 0.1) is 19.3 Å². The summed E-state index contributed by atoms with van der Waals surface area (Å²) < 4.78 is 250. The second-order valence-electron chi connectivity index (χ2n) is 13.9. The predicted octanol–water partition coefficient (Wildman–Crippen LogP) is 12.0. The molecule has 0 unspecified atom stereocenters. The molecule has 0 aliphatic rings. The van der Waals surface area contributed by atoms with Crippen molar-refractivity contribution >= 4 is 14.3 Å². The van der Waals surface area contributed by atoms with Crippen molar-refractivity contribution in [3.8, 4) is 5.75 Å². The van der Waals surface area contributed by atoms with E-state index in [1.807, 2.05) is 0 Å². The van der Waals surface area contributed by atoms with Gasteiger partial charge in [0.2, 0.25) is 0 Å². The Bertz CT molecular complexity index is 1520. The SMILES string of the molecule is CCOC(=O)/C=C/C=C/C[C@@H](C)[C@@H](O)c1ccc(OCCO[Si](CCC(F)(F)C(F)(F)C(F)(F)C(F)(F)C(F)(F)C(F)(F)C(F)(F)C(F)(F)F)(C(C)C)C(C)C)cc1. The number of aliphatic hydroxyl groups is 1. The Hall–Kier alpha value is -3.08. The predicted molar refractivity (Wildman–Crippen MR) is 178 cm³/mol. The van der Waals surface area contributed by atoms with Gasteiger partial charge in [-0.25, -0.2) is 4.79 Å². The molecule has 1 aromatic carbocycles. The number of carbonyl (C=O) groups is 1. The molecular formula is C35H43F17O5Si. The maximum Gasteiger partial charge on any atom is 0.460 e. The first-order valence-corrected chi connectivity index (χ1v) is 19.6. The van der Waals surface area contributed by atoms with E-state index < -0.39 is 98.2 Å². The molecule has 0 heterocycles. The molecule has 0 amide bonds. The lowest BCUT2D eigenvalue weighted by Crippen LogP contribution is -2.74. The van der Waals surface area contributed by atoms with Crippen molar-refractivity contribution < 1.29 is 98.4 Å². The third-order valence-electron chi connectivity index (χ3n) is 9.33. The van der Waals surface area contributed by atoms with Gasteiger partial charge in [0.1, 0.15) is 12.4 Å². The average molecular weight is 895 g/mol. The summed E-state index contributed by atoms with van der Waals surface area (Å²) in [6, 6.07) is 4.57. The maximum absolute atomic E-state index is 14.9. The van der Waals surface area contributed by atoms with Crippen LogP contribution >= 0.6 is 0 Å².